The molecular weight excluding hydrogens is 241 g/mol. The van der Waals surface area contributed by atoms with E-state index in [-0.39, 0.29) is 35.8 Å². The van der Waals surface area contributed by atoms with Gasteiger partial charge in [0.05, 0.1) is 0 Å². The van der Waals surface area contributed by atoms with E-state index in [1.807, 2.05) is 13.8 Å². The van der Waals surface area contributed by atoms with E-state index < -0.39 is 5.51 Å². The largest absolute Gasteiger partial charge is 0.441 e. The van der Waals surface area contributed by atoms with E-state index in [1.54, 1.807) is 6.20 Å². The lowest BCUT2D eigenvalue weighted by molar-refractivity contribution is -0.0328. The van der Waals surface area contributed by atoms with Gasteiger partial charge in [-0.15, -0.1) is 0 Å². The number of nitrogens with zero attached hydrogens (tertiary/aromatic N) is 2. The van der Waals surface area contributed by atoms with Crippen molar-refractivity contribution < 1.29 is 13.2 Å². The van der Waals surface area contributed by atoms with Crippen molar-refractivity contribution in [1.82, 2.24) is 9.13 Å². The lowest BCUT2D eigenvalue weighted by atomic mass is 10.4. The van der Waals surface area contributed by atoms with Crippen LogP contribution in [0.15, 0.2) is 17.2 Å². The number of thioether (sulfide) groups is 1. The van der Waals surface area contributed by atoms with Crippen molar-refractivity contribution in [2.24, 2.45) is 0 Å². The minimum atomic E-state index is -4.23. The van der Waals surface area contributed by atoms with Gasteiger partial charge in [0.15, 0.2) is 0 Å². The van der Waals surface area contributed by atoms with Gasteiger partial charge < -0.3 is 0 Å². The summed E-state index contributed by atoms with van der Waals surface area (Å²) in [4.78, 5) is 11.6. The number of aryl methyl sites for hydroxylation is 1. The zero-order chi connectivity index (χ0) is 12.3. The van der Waals surface area contributed by atoms with Crippen LogP contribution in [0.25, 0.3) is 0 Å². The second kappa shape index (κ2) is 4.99. The van der Waals surface area contributed by atoms with Gasteiger partial charge in [-0.3, -0.25) is 9.13 Å². The van der Waals surface area contributed by atoms with Crippen LogP contribution in [0, 0.1) is 0 Å². The van der Waals surface area contributed by atoms with Gasteiger partial charge in [-0.25, -0.2) is 4.79 Å². The third-order valence-electron chi connectivity index (χ3n) is 2.03. The van der Waals surface area contributed by atoms with Crippen LogP contribution in [0.1, 0.15) is 19.9 Å². The lowest BCUT2D eigenvalue weighted by Gasteiger charge is -2.06. The second-order valence-corrected chi connectivity index (χ2v) is 4.73. The van der Waals surface area contributed by atoms with Crippen molar-refractivity contribution in [3.63, 3.8) is 0 Å². The molecule has 0 unspecified atom stereocenters. The average molecular weight is 254 g/mol. The number of alkyl halides is 3. The Bertz CT molecular complexity index is 394. The summed E-state index contributed by atoms with van der Waals surface area (Å²) in [5, 5.41) is 0. The molecule has 0 fully saturated rings. The van der Waals surface area contributed by atoms with Crippen LogP contribution in [-0.2, 0) is 6.54 Å². The molecular formula is C9H13F3N2OS. The van der Waals surface area contributed by atoms with Crippen LogP contribution in [0.4, 0.5) is 13.2 Å². The second-order valence-electron chi connectivity index (χ2n) is 3.57. The van der Waals surface area contributed by atoms with E-state index in [4.69, 9.17) is 0 Å². The Labute approximate surface area is 95.3 Å². The summed E-state index contributed by atoms with van der Waals surface area (Å²) in [5.41, 5.74) is -4.50. The van der Waals surface area contributed by atoms with Crippen LogP contribution in [0.2, 0.25) is 0 Å². The molecule has 7 heteroatoms. The Kier molecular flexibility index (Phi) is 4.12. The molecule has 1 heterocycles. The summed E-state index contributed by atoms with van der Waals surface area (Å²) >= 11 is -0.114. The third-order valence-corrected chi connectivity index (χ3v) is 2.74. The van der Waals surface area contributed by atoms with Crippen molar-refractivity contribution in [3.8, 4) is 0 Å². The minimum Gasteiger partial charge on any atom is -0.298 e. The molecule has 0 saturated carbocycles. The van der Waals surface area contributed by atoms with Gasteiger partial charge in [-0.05, 0) is 25.6 Å². The maximum Gasteiger partial charge on any atom is 0.441 e. The molecule has 0 N–H and O–H groups in total. The van der Waals surface area contributed by atoms with Gasteiger partial charge in [0.1, 0.15) is 0 Å². The maximum absolute atomic E-state index is 11.9. The monoisotopic (exact) mass is 254 g/mol. The number of imidazole rings is 1. The Morgan fingerprint density at radius 2 is 2.00 bits per heavy atom. The number of hydrogen-bond donors (Lipinski definition) is 0. The smallest absolute Gasteiger partial charge is 0.298 e. The SMILES string of the molecule is CC(C)n1ccn(CCSC(F)(F)F)c1=O. The van der Waals surface area contributed by atoms with Crippen molar-refractivity contribution >= 4 is 11.8 Å². The van der Waals surface area contributed by atoms with Gasteiger partial charge in [-0.2, -0.15) is 13.2 Å². The highest BCUT2D eigenvalue weighted by atomic mass is 32.2. The summed E-state index contributed by atoms with van der Waals surface area (Å²) in [5.74, 6) is -0.147. The Hall–Kier alpha value is -0.850. The fraction of sp³-hybridized carbons (Fsp3) is 0.667. The van der Waals surface area contributed by atoms with Gasteiger partial charge >= 0.3 is 11.2 Å². The molecule has 16 heavy (non-hydrogen) atoms. The van der Waals surface area contributed by atoms with E-state index in [0.29, 0.717) is 0 Å². The van der Waals surface area contributed by atoms with E-state index in [9.17, 15) is 18.0 Å². The quantitative estimate of drug-likeness (QED) is 0.825. The summed E-state index contributed by atoms with van der Waals surface area (Å²) in [7, 11) is 0. The van der Waals surface area contributed by atoms with E-state index >= 15 is 0 Å². The average Bonchev–Trinajstić information content (AvgIpc) is 2.46. The first-order valence-electron chi connectivity index (χ1n) is 4.79. The lowest BCUT2D eigenvalue weighted by Crippen LogP contribution is -2.26. The van der Waals surface area contributed by atoms with Gasteiger partial charge in [0.25, 0.3) is 0 Å². The molecule has 1 aromatic rings. The molecule has 0 aliphatic rings. The summed E-state index contributed by atoms with van der Waals surface area (Å²) < 4.78 is 38.4. The topological polar surface area (TPSA) is 26.9 Å². The van der Waals surface area contributed by atoms with Crippen molar-refractivity contribution in [2.45, 2.75) is 31.9 Å². The van der Waals surface area contributed by atoms with Crippen LogP contribution < -0.4 is 5.69 Å². The van der Waals surface area contributed by atoms with Gasteiger partial charge in [-0.1, -0.05) is 0 Å². The van der Waals surface area contributed by atoms with Crippen molar-refractivity contribution in [2.75, 3.05) is 5.75 Å². The van der Waals surface area contributed by atoms with Crippen molar-refractivity contribution in [3.05, 3.63) is 22.9 Å². The van der Waals surface area contributed by atoms with Gasteiger partial charge in [0.2, 0.25) is 0 Å². The molecule has 0 saturated heterocycles. The number of aromatic nitrogens is 2. The fourth-order valence-corrected chi connectivity index (χ4v) is 1.77. The molecule has 0 radical (unpaired) electrons. The predicted octanol–water partition coefficient (Wildman–Crippen LogP) is 2.48. The van der Waals surface area contributed by atoms with Crippen LogP contribution in [0.5, 0.6) is 0 Å². The van der Waals surface area contributed by atoms with E-state index in [2.05, 4.69) is 0 Å². The molecule has 0 aliphatic carbocycles. The molecule has 3 nitrogen and oxygen atoms in total. The minimum absolute atomic E-state index is 0.0176. The summed E-state index contributed by atoms with van der Waals surface area (Å²) in [6, 6.07) is 0.0176. The molecule has 0 bridgehead atoms. The van der Waals surface area contributed by atoms with E-state index in [0.717, 1.165) is 0 Å². The summed E-state index contributed by atoms with van der Waals surface area (Å²) in [6.07, 6.45) is 3.10. The number of rotatable bonds is 4. The zero-order valence-corrected chi connectivity index (χ0v) is 9.81. The van der Waals surface area contributed by atoms with Crippen molar-refractivity contribution in [1.29, 1.82) is 0 Å². The molecule has 0 amide bonds. The fourth-order valence-electron chi connectivity index (χ4n) is 1.25. The zero-order valence-electron chi connectivity index (χ0n) is 8.99. The standard InChI is InChI=1S/C9H13F3N2OS/c1-7(2)14-4-3-13(8(14)15)5-6-16-9(10,11)12/h3-4,7H,5-6H2,1-2H3. The molecule has 1 rings (SSSR count). The first-order chi connectivity index (χ1) is 7.31. The predicted molar refractivity (Wildman–Crippen MR) is 57.6 cm³/mol. The summed E-state index contributed by atoms with van der Waals surface area (Å²) in [6.45, 7) is 3.76. The molecule has 0 aliphatic heterocycles. The first-order valence-corrected chi connectivity index (χ1v) is 5.78. The highest BCUT2D eigenvalue weighted by Gasteiger charge is 2.27. The molecule has 1 aromatic heterocycles. The molecule has 0 spiro atoms. The molecule has 0 atom stereocenters. The van der Waals surface area contributed by atoms with Gasteiger partial charge in [0, 0.05) is 30.7 Å². The van der Waals surface area contributed by atoms with Crippen LogP contribution >= 0.6 is 11.8 Å². The van der Waals surface area contributed by atoms with Crippen LogP contribution in [-0.4, -0.2) is 20.4 Å². The first kappa shape index (κ1) is 13.2. The third kappa shape index (κ3) is 3.62. The normalized spacial score (nSPS) is 12.4. The number of hydrogen-bond acceptors (Lipinski definition) is 2. The highest BCUT2D eigenvalue weighted by Crippen LogP contribution is 2.29. The van der Waals surface area contributed by atoms with Crippen LogP contribution in [0.3, 0.4) is 0 Å². The highest BCUT2D eigenvalue weighted by molar-refractivity contribution is 8.00. The maximum atomic E-state index is 11.9. The Morgan fingerprint density at radius 3 is 2.44 bits per heavy atom. The van der Waals surface area contributed by atoms with E-state index in [1.165, 1.54) is 15.3 Å². The molecule has 0 aromatic carbocycles. The Morgan fingerprint density at radius 1 is 1.38 bits per heavy atom. The Balaban J connectivity index is 2.59. The molecule has 92 valence electrons. The number of halogens is 3.